The number of hydrogen-bond donors (Lipinski definition) is 2. The van der Waals surface area contributed by atoms with E-state index in [1.807, 2.05) is 0 Å². The average molecular weight is 188 g/mol. The number of hydrazine groups is 1. The van der Waals surface area contributed by atoms with E-state index in [4.69, 9.17) is 10.6 Å². The predicted molar refractivity (Wildman–Crippen MR) is 45.8 cm³/mol. The van der Waals surface area contributed by atoms with E-state index < -0.39 is 6.43 Å². The van der Waals surface area contributed by atoms with Crippen molar-refractivity contribution in [2.75, 3.05) is 12.5 Å². The molecule has 0 aliphatic carbocycles. The molecule has 0 aromatic heterocycles. The van der Waals surface area contributed by atoms with Gasteiger partial charge in [-0.15, -0.1) is 0 Å². The number of anilines is 1. The maximum absolute atomic E-state index is 12.4. The third kappa shape index (κ3) is 1.86. The van der Waals surface area contributed by atoms with Gasteiger partial charge in [-0.2, -0.15) is 0 Å². The smallest absolute Gasteiger partial charge is 0.267 e. The zero-order chi connectivity index (χ0) is 9.84. The highest BCUT2D eigenvalue weighted by Crippen LogP contribution is 2.34. The summed E-state index contributed by atoms with van der Waals surface area (Å²) in [5.74, 6) is 5.20. The van der Waals surface area contributed by atoms with Gasteiger partial charge in [0, 0.05) is 0 Å². The highest BCUT2D eigenvalue weighted by molar-refractivity contribution is 5.59. The topological polar surface area (TPSA) is 47.3 Å². The van der Waals surface area contributed by atoms with E-state index in [2.05, 4.69) is 5.43 Å². The molecule has 1 rings (SSSR count). The molecule has 0 heterocycles. The molecule has 0 fully saturated rings. The Labute approximate surface area is 74.5 Å². The van der Waals surface area contributed by atoms with Gasteiger partial charge < -0.3 is 10.2 Å². The van der Waals surface area contributed by atoms with Crippen LogP contribution in [0.5, 0.6) is 5.75 Å². The van der Waals surface area contributed by atoms with Crippen molar-refractivity contribution in [1.82, 2.24) is 0 Å². The SMILES string of the molecule is COc1c(NN)cccc1C(F)F. The Morgan fingerprint density at radius 1 is 1.46 bits per heavy atom. The molecule has 3 nitrogen and oxygen atoms in total. The van der Waals surface area contributed by atoms with Crippen LogP contribution in [0.2, 0.25) is 0 Å². The van der Waals surface area contributed by atoms with Crippen LogP contribution in [0, 0.1) is 0 Å². The third-order valence-corrected chi connectivity index (χ3v) is 1.64. The van der Waals surface area contributed by atoms with Gasteiger partial charge in [0.05, 0.1) is 18.4 Å². The lowest BCUT2D eigenvalue weighted by molar-refractivity contribution is 0.147. The van der Waals surface area contributed by atoms with Crippen LogP contribution in [0.4, 0.5) is 14.5 Å². The summed E-state index contributed by atoms with van der Waals surface area (Å²) in [4.78, 5) is 0. The maximum Gasteiger partial charge on any atom is 0.267 e. The van der Waals surface area contributed by atoms with Crippen LogP contribution in [-0.2, 0) is 0 Å². The molecule has 3 N–H and O–H groups in total. The lowest BCUT2D eigenvalue weighted by Crippen LogP contribution is -2.09. The average Bonchev–Trinajstić information content (AvgIpc) is 2.16. The van der Waals surface area contributed by atoms with E-state index in [1.165, 1.54) is 19.2 Å². The molecule has 5 heteroatoms. The zero-order valence-electron chi connectivity index (χ0n) is 7.05. The molecule has 0 unspecified atom stereocenters. The van der Waals surface area contributed by atoms with E-state index in [9.17, 15) is 8.78 Å². The maximum atomic E-state index is 12.4. The number of alkyl halides is 2. The van der Waals surface area contributed by atoms with Gasteiger partial charge >= 0.3 is 0 Å². The van der Waals surface area contributed by atoms with E-state index in [-0.39, 0.29) is 11.3 Å². The summed E-state index contributed by atoms with van der Waals surface area (Å²) in [6, 6.07) is 4.34. The minimum absolute atomic E-state index is 0.0833. The number of nitrogens with one attached hydrogen (secondary N) is 1. The summed E-state index contributed by atoms with van der Waals surface area (Å²) in [5.41, 5.74) is 2.46. The van der Waals surface area contributed by atoms with Crippen LogP contribution in [0.1, 0.15) is 12.0 Å². The number of benzene rings is 1. The molecular weight excluding hydrogens is 178 g/mol. The highest BCUT2D eigenvalue weighted by atomic mass is 19.3. The molecule has 0 spiro atoms. The number of ether oxygens (including phenoxy) is 1. The van der Waals surface area contributed by atoms with Gasteiger partial charge in [-0.1, -0.05) is 6.07 Å². The Hall–Kier alpha value is -1.36. The number of nitrogen functional groups attached to an aromatic ring is 1. The molecule has 0 atom stereocenters. The van der Waals surface area contributed by atoms with E-state index in [1.54, 1.807) is 6.07 Å². The molecule has 0 bridgehead atoms. The monoisotopic (exact) mass is 188 g/mol. The quantitative estimate of drug-likeness (QED) is 0.562. The van der Waals surface area contributed by atoms with Crippen LogP contribution < -0.4 is 16.0 Å². The summed E-state index contributed by atoms with van der Waals surface area (Å²) >= 11 is 0. The largest absolute Gasteiger partial charge is 0.494 e. The van der Waals surface area contributed by atoms with E-state index in [0.29, 0.717) is 5.69 Å². The van der Waals surface area contributed by atoms with Crippen LogP contribution in [0.3, 0.4) is 0 Å². The first-order valence-electron chi connectivity index (χ1n) is 3.62. The first kappa shape index (κ1) is 9.73. The van der Waals surface area contributed by atoms with Crippen molar-refractivity contribution in [2.24, 2.45) is 5.84 Å². The van der Waals surface area contributed by atoms with Crippen molar-refractivity contribution in [3.8, 4) is 5.75 Å². The molecule has 0 saturated carbocycles. The van der Waals surface area contributed by atoms with Crippen LogP contribution >= 0.6 is 0 Å². The third-order valence-electron chi connectivity index (χ3n) is 1.64. The van der Waals surface area contributed by atoms with E-state index in [0.717, 1.165) is 0 Å². The second kappa shape index (κ2) is 4.04. The fourth-order valence-electron chi connectivity index (χ4n) is 1.07. The van der Waals surface area contributed by atoms with Crippen molar-refractivity contribution in [2.45, 2.75) is 6.43 Å². The fraction of sp³-hybridized carbons (Fsp3) is 0.250. The predicted octanol–water partition coefficient (Wildman–Crippen LogP) is 1.92. The molecular formula is C8H10F2N2O. The Balaban J connectivity index is 3.19. The van der Waals surface area contributed by atoms with Crippen molar-refractivity contribution >= 4 is 5.69 Å². The fourth-order valence-corrected chi connectivity index (χ4v) is 1.07. The lowest BCUT2D eigenvalue weighted by atomic mass is 10.2. The Morgan fingerprint density at radius 2 is 2.15 bits per heavy atom. The van der Waals surface area contributed by atoms with Crippen LogP contribution in [0.25, 0.3) is 0 Å². The van der Waals surface area contributed by atoms with Gasteiger partial charge in [0.2, 0.25) is 0 Å². The molecule has 0 aliphatic heterocycles. The number of halogens is 2. The Bertz CT molecular complexity index is 291. The molecule has 1 aromatic rings. The summed E-state index contributed by atoms with van der Waals surface area (Å²) < 4.78 is 29.6. The lowest BCUT2D eigenvalue weighted by Gasteiger charge is -2.11. The first-order valence-corrected chi connectivity index (χ1v) is 3.62. The standard InChI is InChI=1S/C8H10F2N2O/c1-13-7-5(8(9)10)3-2-4-6(7)12-11/h2-4,8,12H,11H2,1H3. The molecule has 0 aliphatic rings. The van der Waals surface area contributed by atoms with Crippen LogP contribution in [-0.4, -0.2) is 7.11 Å². The van der Waals surface area contributed by atoms with Gasteiger partial charge in [-0.3, -0.25) is 5.84 Å². The number of hydrogen-bond acceptors (Lipinski definition) is 3. The van der Waals surface area contributed by atoms with Gasteiger partial charge in [-0.25, -0.2) is 8.78 Å². The number of methoxy groups -OCH3 is 1. The highest BCUT2D eigenvalue weighted by Gasteiger charge is 2.15. The van der Waals surface area contributed by atoms with Gasteiger partial charge in [0.25, 0.3) is 6.43 Å². The Morgan fingerprint density at radius 3 is 2.62 bits per heavy atom. The van der Waals surface area contributed by atoms with Crippen molar-refractivity contribution in [3.63, 3.8) is 0 Å². The van der Waals surface area contributed by atoms with Gasteiger partial charge in [-0.05, 0) is 12.1 Å². The summed E-state index contributed by atoms with van der Waals surface area (Å²) in [6.45, 7) is 0. The normalized spacial score (nSPS) is 10.2. The number of para-hydroxylation sites is 1. The first-order chi connectivity index (χ1) is 6.20. The second-order valence-corrected chi connectivity index (χ2v) is 2.37. The summed E-state index contributed by atoms with van der Waals surface area (Å²) in [7, 11) is 1.32. The molecule has 0 saturated heterocycles. The Kier molecular flexibility index (Phi) is 3.02. The molecule has 0 amide bonds. The summed E-state index contributed by atoms with van der Waals surface area (Å²) in [5, 5.41) is 0. The van der Waals surface area contributed by atoms with Crippen LogP contribution in [0.15, 0.2) is 18.2 Å². The number of nitrogens with two attached hydrogens (primary N) is 1. The van der Waals surface area contributed by atoms with E-state index >= 15 is 0 Å². The molecule has 0 radical (unpaired) electrons. The minimum Gasteiger partial charge on any atom is -0.494 e. The van der Waals surface area contributed by atoms with Crippen molar-refractivity contribution in [3.05, 3.63) is 23.8 Å². The second-order valence-electron chi connectivity index (χ2n) is 2.37. The summed E-state index contributed by atoms with van der Waals surface area (Å²) in [6.07, 6.45) is -2.57. The molecule has 1 aromatic carbocycles. The van der Waals surface area contributed by atoms with Crippen molar-refractivity contribution in [1.29, 1.82) is 0 Å². The minimum atomic E-state index is -2.57. The number of rotatable bonds is 3. The molecule has 13 heavy (non-hydrogen) atoms. The van der Waals surface area contributed by atoms with Crippen molar-refractivity contribution < 1.29 is 13.5 Å². The van der Waals surface area contributed by atoms with Gasteiger partial charge in [0.1, 0.15) is 0 Å². The molecule has 72 valence electrons. The zero-order valence-corrected chi connectivity index (χ0v) is 7.05. The van der Waals surface area contributed by atoms with Gasteiger partial charge in [0.15, 0.2) is 5.75 Å².